The van der Waals surface area contributed by atoms with E-state index >= 15 is 0 Å². The molecule has 1 aliphatic rings. The van der Waals surface area contributed by atoms with Crippen molar-refractivity contribution in [2.24, 2.45) is 0 Å². The zero-order chi connectivity index (χ0) is 11.6. The van der Waals surface area contributed by atoms with Gasteiger partial charge in [-0.2, -0.15) is 5.10 Å². The van der Waals surface area contributed by atoms with E-state index in [4.69, 9.17) is 0 Å². The molecule has 16 heavy (non-hydrogen) atoms. The maximum Gasteiger partial charge on any atom is 0.133 e. The van der Waals surface area contributed by atoms with Gasteiger partial charge in [-0.15, -0.1) is 0 Å². The Balaban J connectivity index is 2.12. The normalized spacial score (nSPS) is 20.0. The largest absolute Gasteiger partial charge is 0.385 e. The van der Waals surface area contributed by atoms with Crippen LogP contribution >= 0.6 is 0 Å². The Bertz CT molecular complexity index is 374. The van der Waals surface area contributed by atoms with Gasteiger partial charge < -0.3 is 5.11 Å². The van der Waals surface area contributed by atoms with E-state index in [1.807, 2.05) is 10.9 Å². The summed E-state index contributed by atoms with van der Waals surface area (Å²) < 4.78 is 1.85. The van der Waals surface area contributed by atoms with Gasteiger partial charge in [0.2, 0.25) is 0 Å². The molecule has 1 heterocycles. The molecule has 88 valence electrons. The second-order valence-corrected chi connectivity index (χ2v) is 4.56. The Morgan fingerprint density at radius 1 is 1.50 bits per heavy atom. The number of aryl methyl sites for hydroxylation is 1. The van der Waals surface area contributed by atoms with Crippen LogP contribution in [0.1, 0.15) is 44.6 Å². The molecule has 0 radical (unpaired) electrons. The van der Waals surface area contributed by atoms with Crippen LogP contribution in [0.3, 0.4) is 0 Å². The average Bonchev–Trinajstić information content (AvgIpc) is 2.73. The first kappa shape index (κ1) is 11.3. The van der Waals surface area contributed by atoms with Crippen LogP contribution in [0.2, 0.25) is 0 Å². The number of ketones is 1. The van der Waals surface area contributed by atoms with Gasteiger partial charge in [0.25, 0.3) is 0 Å². The first-order chi connectivity index (χ1) is 7.64. The van der Waals surface area contributed by atoms with Crippen LogP contribution in [0, 0.1) is 0 Å². The zero-order valence-electron chi connectivity index (χ0n) is 9.65. The fourth-order valence-corrected chi connectivity index (χ4v) is 2.19. The van der Waals surface area contributed by atoms with Gasteiger partial charge in [0.15, 0.2) is 0 Å². The van der Waals surface area contributed by atoms with Gasteiger partial charge in [-0.05, 0) is 19.3 Å². The van der Waals surface area contributed by atoms with Crippen molar-refractivity contribution in [1.29, 1.82) is 0 Å². The summed E-state index contributed by atoms with van der Waals surface area (Å²) in [7, 11) is 0. The van der Waals surface area contributed by atoms with Crippen LogP contribution in [0.15, 0.2) is 12.4 Å². The minimum Gasteiger partial charge on any atom is -0.385 e. The summed E-state index contributed by atoms with van der Waals surface area (Å²) >= 11 is 0. The summed E-state index contributed by atoms with van der Waals surface area (Å²) in [5.74, 6) is 0.255. The van der Waals surface area contributed by atoms with Crippen molar-refractivity contribution in [2.45, 2.75) is 51.2 Å². The third kappa shape index (κ3) is 2.16. The lowest BCUT2D eigenvalue weighted by atomic mass is 9.80. The zero-order valence-corrected chi connectivity index (χ0v) is 9.65. The van der Waals surface area contributed by atoms with Crippen LogP contribution in [0.5, 0.6) is 0 Å². The lowest BCUT2D eigenvalue weighted by molar-refractivity contribution is -0.125. The molecule has 1 saturated carbocycles. The number of hydrogen-bond donors (Lipinski definition) is 1. The van der Waals surface area contributed by atoms with Crippen molar-refractivity contribution < 1.29 is 9.90 Å². The van der Waals surface area contributed by atoms with Gasteiger partial charge in [-0.25, -0.2) is 0 Å². The van der Waals surface area contributed by atoms with Crippen molar-refractivity contribution >= 4 is 5.78 Å². The first-order valence-corrected chi connectivity index (χ1v) is 5.91. The van der Waals surface area contributed by atoms with Crippen molar-refractivity contribution in [2.75, 3.05) is 0 Å². The maximum atomic E-state index is 11.2. The van der Waals surface area contributed by atoms with Gasteiger partial charge in [0, 0.05) is 31.1 Å². The topological polar surface area (TPSA) is 55.1 Å². The highest BCUT2D eigenvalue weighted by atomic mass is 16.3. The van der Waals surface area contributed by atoms with E-state index in [0.717, 1.165) is 18.5 Å². The molecule has 0 unspecified atom stereocenters. The summed E-state index contributed by atoms with van der Waals surface area (Å²) in [6, 6.07) is 0. The molecule has 4 nitrogen and oxygen atoms in total. The molecule has 2 rings (SSSR count). The van der Waals surface area contributed by atoms with E-state index in [0.29, 0.717) is 25.7 Å². The highest BCUT2D eigenvalue weighted by Gasteiger charge is 2.35. The number of aliphatic hydroxyl groups is 1. The SMILES string of the molecule is CCCn1cc(C2(O)CCC(=O)CC2)cn1. The second kappa shape index (κ2) is 4.37. The maximum absolute atomic E-state index is 11.2. The Morgan fingerprint density at radius 3 is 2.81 bits per heavy atom. The number of hydrogen-bond acceptors (Lipinski definition) is 3. The molecule has 0 atom stereocenters. The quantitative estimate of drug-likeness (QED) is 0.845. The molecule has 0 aromatic carbocycles. The molecular formula is C12H18N2O2. The van der Waals surface area contributed by atoms with E-state index < -0.39 is 5.60 Å². The number of carbonyl (C=O) groups excluding carboxylic acids is 1. The number of aromatic nitrogens is 2. The average molecular weight is 222 g/mol. The highest BCUT2D eigenvalue weighted by Crippen LogP contribution is 2.35. The van der Waals surface area contributed by atoms with E-state index in [2.05, 4.69) is 12.0 Å². The molecule has 0 aliphatic heterocycles. The molecular weight excluding hydrogens is 204 g/mol. The van der Waals surface area contributed by atoms with Gasteiger partial charge in [-0.3, -0.25) is 9.48 Å². The van der Waals surface area contributed by atoms with Crippen LogP contribution in [-0.2, 0) is 16.9 Å². The van der Waals surface area contributed by atoms with Crippen LogP contribution in [-0.4, -0.2) is 20.7 Å². The summed E-state index contributed by atoms with van der Waals surface area (Å²) in [4.78, 5) is 11.2. The molecule has 0 spiro atoms. The lowest BCUT2D eigenvalue weighted by Crippen LogP contribution is -2.31. The summed E-state index contributed by atoms with van der Waals surface area (Å²) in [5, 5.41) is 14.7. The monoisotopic (exact) mass is 222 g/mol. The third-order valence-corrected chi connectivity index (χ3v) is 3.26. The summed E-state index contributed by atoms with van der Waals surface area (Å²) in [5.41, 5.74) is 0.0216. The van der Waals surface area contributed by atoms with Gasteiger partial charge in [0.1, 0.15) is 5.78 Å². The van der Waals surface area contributed by atoms with Gasteiger partial charge in [-0.1, -0.05) is 6.92 Å². The van der Waals surface area contributed by atoms with Crippen molar-refractivity contribution in [1.82, 2.24) is 9.78 Å². The van der Waals surface area contributed by atoms with Crippen LogP contribution in [0.25, 0.3) is 0 Å². The predicted octanol–water partition coefficient (Wildman–Crippen LogP) is 1.62. The number of carbonyl (C=O) groups is 1. The van der Waals surface area contributed by atoms with Crippen LogP contribution < -0.4 is 0 Å². The van der Waals surface area contributed by atoms with Crippen molar-refractivity contribution in [3.05, 3.63) is 18.0 Å². The number of rotatable bonds is 3. The molecule has 1 fully saturated rings. The second-order valence-electron chi connectivity index (χ2n) is 4.56. The smallest absolute Gasteiger partial charge is 0.133 e. The van der Waals surface area contributed by atoms with E-state index in [-0.39, 0.29) is 5.78 Å². The molecule has 1 aromatic rings. The minimum atomic E-state index is -0.833. The lowest BCUT2D eigenvalue weighted by Gasteiger charge is -2.30. The van der Waals surface area contributed by atoms with Gasteiger partial charge in [0.05, 0.1) is 11.8 Å². The number of nitrogens with zero attached hydrogens (tertiary/aromatic N) is 2. The molecule has 0 bridgehead atoms. The van der Waals surface area contributed by atoms with Crippen molar-refractivity contribution in [3.8, 4) is 0 Å². The predicted molar refractivity (Wildman–Crippen MR) is 59.9 cm³/mol. The highest BCUT2D eigenvalue weighted by molar-refractivity contribution is 5.79. The van der Waals surface area contributed by atoms with Crippen LogP contribution in [0.4, 0.5) is 0 Å². The standard InChI is InChI=1S/C12H18N2O2/c1-2-7-14-9-10(8-13-14)12(16)5-3-11(15)4-6-12/h8-9,16H,2-7H2,1H3. The Morgan fingerprint density at radius 2 is 2.19 bits per heavy atom. The Labute approximate surface area is 95.3 Å². The first-order valence-electron chi connectivity index (χ1n) is 5.91. The van der Waals surface area contributed by atoms with E-state index in [1.54, 1.807) is 6.20 Å². The molecule has 1 aromatic heterocycles. The number of Topliss-reactive ketones (excluding diaryl/α,β-unsaturated/α-hetero) is 1. The molecule has 1 N–H and O–H groups in total. The van der Waals surface area contributed by atoms with E-state index in [1.165, 1.54) is 0 Å². The van der Waals surface area contributed by atoms with Crippen molar-refractivity contribution in [3.63, 3.8) is 0 Å². The summed E-state index contributed by atoms with van der Waals surface area (Å²) in [6.45, 7) is 2.96. The Hall–Kier alpha value is -1.16. The fourth-order valence-electron chi connectivity index (χ4n) is 2.19. The third-order valence-electron chi connectivity index (χ3n) is 3.26. The van der Waals surface area contributed by atoms with E-state index in [9.17, 15) is 9.90 Å². The minimum absolute atomic E-state index is 0.255. The molecule has 0 amide bonds. The molecule has 4 heteroatoms. The fraction of sp³-hybridized carbons (Fsp3) is 0.667. The molecule has 0 saturated heterocycles. The summed E-state index contributed by atoms with van der Waals surface area (Å²) in [6.07, 6.45) is 6.68. The Kier molecular flexibility index (Phi) is 3.10. The molecule has 1 aliphatic carbocycles. The van der Waals surface area contributed by atoms with Gasteiger partial charge >= 0.3 is 0 Å².